The highest BCUT2D eigenvalue weighted by atomic mass is 16.5. The van der Waals surface area contributed by atoms with Crippen LogP contribution >= 0.6 is 0 Å². The Morgan fingerprint density at radius 1 is 1.00 bits per heavy atom. The van der Waals surface area contributed by atoms with Gasteiger partial charge in [0.15, 0.2) is 11.5 Å². The SMILES string of the molecule is Cc1cccc(CCOc2cc(C(=O)NC3(C(=O)O)Cc4ccccc4C3)ccc2O)c1. The Hall–Kier alpha value is -3.80. The van der Waals surface area contributed by atoms with E-state index < -0.39 is 17.4 Å². The van der Waals surface area contributed by atoms with E-state index in [1.165, 1.54) is 18.2 Å². The van der Waals surface area contributed by atoms with Gasteiger partial charge in [-0.05, 0) is 41.8 Å². The Bertz CT molecular complexity index is 1150. The van der Waals surface area contributed by atoms with Crippen molar-refractivity contribution in [2.24, 2.45) is 0 Å². The predicted octanol–water partition coefficient (Wildman–Crippen LogP) is 3.67. The Labute approximate surface area is 186 Å². The van der Waals surface area contributed by atoms with Crippen molar-refractivity contribution < 1.29 is 24.5 Å². The number of hydrogen-bond acceptors (Lipinski definition) is 4. The maximum atomic E-state index is 12.9. The van der Waals surface area contributed by atoms with Crippen LogP contribution in [0.4, 0.5) is 0 Å². The number of aliphatic carboxylic acids is 1. The fourth-order valence-electron chi connectivity index (χ4n) is 4.12. The first-order chi connectivity index (χ1) is 15.4. The molecule has 0 spiro atoms. The van der Waals surface area contributed by atoms with E-state index in [0.29, 0.717) is 13.0 Å². The molecule has 0 saturated heterocycles. The highest BCUT2D eigenvalue weighted by Crippen LogP contribution is 2.32. The zero-order valence-electron chi connectivity index (χ0n) is 17.8. The highest BCUT2D eigenvalue weighted by molar-refractivity contribution is 5.99. The third-order valence-electron chi connectivity index (χ3n) is 5.82. The highest BCUT2D eigenvalue weighted by Gasteiger charge is 2.45. The van der Waals surface area contributed by atoms with Gasteiger partial charge in [-0.2, -0.15) is 0 Å². The van der Waals surface area contributed by atoms with Crippen LogP contribution in [0.5, 0.6) is 11.5 Å². The number of aryl methyl sites for hydroxylation is 1. The number of hydrogen-bond donors (Lipinski definition) is 3. The average Bonchev–Trinajstić information content (AvgIpc) is 3.14. The van der Waals surface area contributed by atoms with Crippen LogP contribution in [-0.2, 0) is 24.1 Å². The number of fused-ring (bicyclic) bond motifs is 1. The minimum Gasteiger partial charge on any atom is -0.504 e. The molecule has 3 aromatic carbocycles. The Balaban J connectivity index is 1.46. The summed E-state index contributed by atoms with van der Waals surface area (Å²) in [6, 6.07) is 19.8. The van der Waals surface area contributed by atoms with Crippen LogP contribution in [0, 0.1) is 6.92 Å². The van der Waals surface area contributed by atoms with E-state index >= 15 is 0 Å². The summed E-state index contributed by atoms with van der Waals surface area (Å²) in [4.78, 5) is 25.0. The normalized spacial score (nSPS) is 13.9. The van der Waals surface area contributed by atoms with Gasteiger partial charge in [-0.25, -0.2) is 4.79 Å². The van der Waals surface area contributed by atoms with Crippen molar-refractivity contribution in [3.05, 3.63) is 94.5 Å². The standard InChI is InChI=1S/C26H25NO5/c1-17-5-4-6-18(13-17)11-12-32-23-14-19(9-10-22(23)28)24(29)27-26(25(30)31)15-20-7-2-3-8-21(20)16-26/h2-10,13-14,28H,11-12,15-16H2,1H3,(H,27,29)(H,30,31). The molecule has 0 fully saturated rings. The molecule has 0 saturated carbocycles. The zero-order chi connectivity index (χ0) is 22.7. The van der Waals surface area contributed by atoms with Crippen LogP contribution in [0.1, 0.15) is 32.6 Å². The van der Waals surface area contributed by atoms with Gasteiger partial charge in [0.25, 0.3) is 5.91 Å². The monoisotopic (exact) mass is 431 g/mol. The van der Waals surface area contributed by atoms with E-state index in [4.69, 9.17) is 4.74 Å². The number of amides is 1. The maximum Gasteiger partial charge on any atom is 0.330 e. The third-order valence-corrected chi connectivity index (χ3v) is 5.82. The van der Waals surface area contributed by atoms with Crippen LogP contribution in [0.2, 0.25) is 0 Å². The zero-order valence-corrected chi connectivity index (χ0v) is 17.8. The molecule has 164 valence electrons. The van der Waals surface area contributed by atoms with E-state index in [2.05, 4.69) is 11.4 Å². The number of benzene rings is 3. The molecule has 3 N–H and O–H groups in total. The predicted molar refractivity (Wildman–Crippen MR) is 120 cm³/mol. The topological polar surface area (TPSA) is 95.9 Å². The second-order valence-corrected chi connectivity index (χ2v) is 8.23. The summed E-state index contributed by atoms with van der Waals surface area (Å²) in [5, 5.41) is 22.8. The molecule has 32 heavy (non-hydrogen) atoms. The van der Waals surface area contributed by atoms with Gasteiger partial charge < -0.3 is 20.3 Å². The van der Waals surface area contributed by atoms with Crippen molar-refractivity contribution >= 4 is 11.9 Å². The third kappa shape index (κ3) is 4.44. The number of ether oxygens (including phenoxy) is 1. The number of phenols is 1. The maximum absolute atomic E-state index is 12.9. The van der Waals surface area contributed by atoms with Crippen LogP contribution < -0.4 is 10.1 Å². The Morgan fingerprint density at radius 2 is 1.72 bits per heavy atom. The second kappa shape index (κ2) is 8.75. The van der Waals surface area contributed by atoms with Crippen LogP contribution in [-0.4, -0.2) is 34.2 Å². The molecule has 3 aromatic rings. The molecule has 0 unspecified atom stereocenters. The van der Waals surface area contributed by atoms with E-state index in [0.717, 1.165) is 22.3 Å². The lowest BCUT2D eigenvalue weighted by Gasteiger charge is -2.25. The Morgan fingerprint density at radius 3 is 2.38 bits per heavy atom. The Kier molecular flexibility index (Phi) is 5.86. The van der Waals surface area contributed by atoms with Crippen molar-refractivity contribution in [1.29, 1.82) is 0 Å². The molecule has 1 aliphatic carbocycles. The number of aromatic hydroxyl groups is 1. The molecule has 6 heteroatoms. The lowest BCUT2D eigenvalue weighted by molar-refractivity contribution is -0.144. The summed E-state index contributed by atoms with van der Waals surface area (Å²) in [6.45, 7) is 2.35. The molecule has 0 radical (unpaired) electrons. The number of carboxylic acids is 1. The fraction of sp³-hybridized carbons (Fsp3) is 0.231. The molecule has 0 bridgehead atoms. The van der Waals surface area contributed by atoms with Gasteiger partial charge in [-0.1, -0.05) is 54.1 Å². The first-order valence-electron chi connectivity index (χ1n) is 10.5. The minimum absolute atomic E-state index is 0.0768. The van der Waals surface area contributed by atoms with Crippen molar-refractivity contribution in [1.82, 2.24) is 5.32 Å². The van der Waals surface area contributed by atoms with E-state index in [-0.39, 0.29) is 29.9 Å². The van der Waals surface area contributed by atoms with Crippen molar-refractivity contribution in [3.63, 3.8) is 0 Å². The molecular formula is C26H25NO5. The van der Waals surface area contributed by atoms with Gasteiger partial charge in [0.05, 0.1) is 6.61 Å². The molecule has 0 aromatic heterocycles. The number of phenolic OH excluding ortho intramolecular Hbond substituents is 1. The summed E-state index contributed by atoms with van der Waals surface area (Å²) >= 11 is 0. The molecule has 4 rings (SSSR count). The molecule has 6 nitrogen and oxygen atoms in total. The summed E-state index contributed by atoms with van der Waals surface area (Å²) < 4.78 is 5.72. The first-order valence-corrected chi connectivity index (χ1v) is 10.5. The van der Waals surface area contributed by atoms with Gasteiger partial charge in [-0.15, -0.1) is 0 Å². The van der Waals surface area contributed by atoms with Crippen LogP contribution in [0.3, 0.4) is 0 Å². The van der Waals surface area contributed by atoms with E-state index in [1.54, 1.807) is 0 Å². The van der Waals surface area contributed by atoms with Gasteiger partial charge >= 0.3 is 5.97 Å². The molecular weight excluding hydrogens is 406 g/mol. The van der Waals surface area contributed by atoms with Gasteiger partial charge in [-0.3, -0.25) is 4.79 Å². The quantitative estimate of drug-likeness (QED) is 0.530. The lowest BCUT2D eigenvalue weighted by Crippen LogP contribution is -2.55. The van der Waals surface area contributed by atoms with Crippen LogP contribution in [0.15, 0.2) is 66.7 Å². The summed E-state index contributed by atoms with van der Waals surface area (Å²) in [7, 11) is 0. The number of nitrogens with one attached hydrogen (secondary N) is 1. The first kappa shape index (κ1) is 21.4. The fourth-order valence-corrected chi connectivity index (χ4v) is 4.12. The molecule has 1 amide bonds. The summed E-state index contributed by atoms with van der Waals surface area (Å²) in [5.41, 5.74) is 2.94. The van der Waals surface area contributed by atoms with Gasteiger partial charge in [0.1, 0.15) is 5.54 Å². The van der Waals surface area contributed by atoms with Crippen molar-refractivity contribution in [2.75, 3.05) is 6.61 Å². The molecule has 1 aliphatic rings. The van der Waals surface area contributed by atoms with E-state index in [1.807, 2.05) is 49.4 Å². The lowest BCUT2D eigenvalue weighted by atomic mass is 9.95. The number of carbonyl (C=O) groups is 2. The number of carboxylic acid groups (broad SMARTS) is 1. The molecule has 0 heterocycles. The average molecular weight is 431 g/mol. The smallest absolute Gasteiger partial charge is 0.330 e. The second-order valence-electron chi connectivity index (χ2n) is 8.23. The van der Waals surface area contributed by atoms with Gasteiger partial charge in [0.2, 0.25) is 0 Å². The summed E-state index contributed by atoms with van der Waals surface area (Å²) in [6.07, 6.45) is 1.10. The largest absolute Gasteiger partial charge is 0.504 e. The van der Waals surface area contributed by atoms with E-state index in [9.17, 15) is 19.8 Å². The number of carbonyl (C=O) groups excluding carboxylic acids is 1. The van der Waals surface area contributed by atoms with Crippen molar-refractivity contribution in [2.45, 2.75) is 31.7 Å². The summed E-state index contributed by atoms with van der Waals surface area (Å²) in [5.74, 6) is -1.49. The number of rotatable bonds is 7. The molecule has 0 aliphatic heterocycles. The molecule has 0 atom stereocenters. The van der Waals surface area contributed by atoms with Crippen molar-refractivity contribution in [3.8, 4) is 11.5 Å². The van der Waals surface area contributed by atoms with Crippen LogP contribution in [0.25, 0.3) is 0 Å². The minimum atomic E-state index is -1.40. The van der Waals surface area contributed by atoms with Gasteiger partial charge in [0, 0.05) is 24.8 Å².